The number of rotatable bonds is 4. The average molecular weight is 520 g/mol. The number of benzene rings is 2. The van der Waals surface area contributed by atoms with Gasteiger partial charge in [-0.15, -0.1) is 0 Å². The summed E-state index contributed by atoms with van der Waals surface area (Å²) in [6.45, 7) is 8.47. The molecule has 3 aliphatic rings. The van der Waals surface area contributed by atoms with Crippen LogP contribution in [-0.4, -0.2) is 78.9 Å². The summed E-state index contributed by atoms with van der Waals surface area (Å²) in [5.74, 6) is -0.670. The first-order valence-electron chi connectivity index (χ1n) is 13.0. The Morgan fingerprint density at radius 3 is 2.29 bits per heavy atom. The molecule has 3 aliphatic heterocycles. The van der Waals surface area contributed by atoms with Crippen molar-refractivity contribution in [2.75, 3.05) is 51.2 Å². The second-order valence-electron chi connectivity index (χ2n) is 11.2. The van der Waals surface area contributed by atoms with Crippen LogP contribution < -0.4 is 10.2 Å². The van der Waals surface area contributed by atoms with Crippen LogP contribution in [0.25, 0.3) is 0 Å². The number of hydrogen-bond donors (Lipinski definition) is 1. The number of nitrogens with one attached hydrogen (secondary N) is 1. The van der Waals surface area contributed by atoms with Gasteiger partial charge in [0.05, 0.1) is 29.5 Å². The second-order valence-corrected chi connectivity index (χ2v) is 11.2. The van der Waals surface area contributed by atoms with Gasteiger partial charge in [-0.1, -0.05) is 57.2 Å². The number of piperazine rings is 1. The molecule has 200 valence electrons. The molecule has 0 bridgehead atoms. The third kappa shape index (κ3) is 4.73. The lowest BCUT2D eigenvalue weighted by Gasteiger charge is -2.36. The maximum Gasteiger partial charge on any atom is 0.322 e. The third-order valence-corrected chi connectivity index (χ3v) is 7.70. The lowest BCUT2D eigenvalue weighted by Crippen LogP contribution is -2.51. The molecule has 38 heavy (non-hydrogen) atoms. The fourth-order valence-corrected chi connectivity index (χ4v) is 5.34. The minimum atomic E-state index is -0.570. The van der Waals surface area contributed by atoms with Crippen LogP contribution in [0.4, 0.5) is 14.9 Å². The maximum absolute atomic E-state index is 14.2. The minimum Gasteiger partial charge on any atom is -0.366 e. The Balaban J connectivity index is 1.27. The second kappa shape index (κ2) is 9.78. The van der Waals surface area contributed by atoms with E-state index in [-0.39, 0.29) is 42.2 Å². The highest BCUT2D eigenvalue weighted by molar-refractivity contribution is 6.03. The van der Waals surface area contributed by atoms with E-state index >= 15 is 0 Å². The van der Waals surface area contributed by atoms with E-state index in [2.05, 4.69) is 26.1 Å². The molecule has 2 aromatic carbocycles. The Morgan fingerprint density at radius 2 is 1.66 bits per heavy atom. The average Bonchev–Trinajstić information content (AvgIpc) is 3.22. The van der Waals surface area contributed by atoms with Gasteiger partial charge >= 0.3 is 6.03 Å². The largest absolute Gasteiger partial charge is 0.366 e. The molecule has 0 unspecified atom stereocenters. The van der Waals surface area contributed by atoms with Crippen LogP contribution in [0.1, 0.15) is 37.9 Å². The van der Waals surface area contributed by atoms with E-state index in [0.717, 1.165) is 11.1 Å². The number of anilines is 1. The third-order valence-electron chi connectivity index (χ3n) is 7.70. The summed E-state index contributed by atoms with van der Waals surface area (Å²) in [4.78, 5) is 46.1. The summed E-state index contributed by atoms with van der Waals surface area (Å²) in [5.41, 5.74) is 3.65. The standard InChI is InChI=1S/C29H34FN5O3/c1-29(2,3)20-11-9-19(10-12-20)26-25-23(32(4)28(38)31-26)17-35(27(25)37)18-24(36)34-15-13-33(14-16-34)22-8-6-5-7-21(22)30/h5-12,26H,13-18H2,1-4H3,(H,31,38)/t26-/m0/s1. The van der Waals surface area contributed by atoms with Crippen LogP contribution in [0, 0.1) is 5.82 Å². The Morgan fingerprint density at radius 1 is 1.00 bits per heavy atom. The zero-order valence-electron chi connectivity index (χ0n) is 22.3. The van der Waals surface area contributed by atoms with E-state index in [9.17, 15) is 18.8 Å². The number of carbonyl (C=O) groups is 3. The molecule has 0 radical (unpaired) electrons. The van der Waals surface area contributed by atoms with Crippen molar-refractivity contribution in [3.05, 3.63) is 76.7 Å². The SMILES string of the molecule is CN1C(=O)N[C@@H](c2ccc(C(C)(C)C)cc2)C2=C1CN(CC(=O)N1CCN(c3ccccc3F)CC1)C2=O. The quantitative estimate of drug-likeness (QED) is 0.673. The molecule has 0 spiro atoms. The highest BCUT2D eigenvalue weighted by atomic mass is 19.1. The molecule has 5 rings (SSSR count). The van der Waals surface area contributed by atoms with Gasteiger partial charge < -0.3 is 20.0 Å². The summed E-state index contributed by atoms with van der Waals surface area (Å²) >= 11 is 0. The summed E-state index contributed by atoms with van der Waals surface area (Å²) in [6.07, 6.45) is 0. The molecular weight excluding hydrogens is 485 g/mol. The van der Waals surface area contributed by atoms with Gasteiger partial charge in [-0.3, -0.25) is 14.5 Å². The number of nitrogens with zero attached hydrogens (tertiary/aromatic N) is 4. The first kappa shape index (κ1) is 25.8. The molecule has 2 aromatic rings. The molecule has 1 N–H and O–H groups in total. The number of urea groups is 1. The van der Waals surface area contributed by atoms with E-state index in [1.165, 1.54) is 15.9 Å². The highest BCUT2D eigenvalue weighted by Gasteiger charge is 2.43. The number of para-hydroxylation sites is 1. The van der Waals surface area contributed by atoms with Gasteiger partial charge in [0.15, 0.2) is 0 Å². The van der Waals surface area contributed by atoms with Gasteiger partial charge in [-0.05, 0) is 28.7 Å². The molecule has 1 fully saturated rings. The highest BCUT2D eigenvalue weighted by Crippen LogP contribution is 2.36. The molecule has 1 atom stereocenters. The minimum absolute atomic E-state index is 0.0138. The number of amides is 4. The Bertz CT molecular complexity index is 1290. The van der Waals surface area contributed by atoms with Crippen molar-refractivity contribution in [2.24, 2.45) is 0 Å². The molecule has 8 nitrogen and oxygen atoms in total. The van der Waals surface area contributed by atoms with E-state index in [4.69, 9.17) is 0 Å². The van der Waals surface area contributed by atoms with Crippen molar-refractivity contribution in [3.63, 3.8) is 0 Å². The fourth-order valence-electron chi connectivity index (χ4n) is 5.34. The van der Waals surface area contributed by atoms with Gasteiger partial charge in [0, 0.05) is 33.2 Å². The maximum atomic E-state index is 14.2. The number of hydrogen-bond acceptors (Lipinski definition) is 4. The molecule has 4 amide bonds. The van der Waals surface area contributed by atoms with Crippen LogP contribution >= 0.6 is 0 Å². The van der Waals surface area contributed by atoms with Crippen molar-refractivity contribution in [3.8, 4) is 0 Å². The number of carbonyl (C=O) groups excluding carboxylic acids is 3. The van der Waals surface area contributed by atoms with Gasteiger partial charge in [0.25, 0.3) is 5.91 Å². The van der Waals surface area contributed by atoms with E-state index in [1.807, 2.05) is 29.2 Å². The van der Waals surface area contributed by atoms with Crippen molar-refractivity contribution < 1.29 is 18.8 Å². The molecule has 9 heteroatoms. The van der Waals surface area contributed by atoms with Crippen LogP contribution in [-0.2, 0) is 15.0 Å². The van der Waals surface area contributed by atoms with Gasteiger partial charge in [0.2, 0.25) is 5.91 Å². The van der Waals surface area contributed by atoms with E-state index in [1.54, 1.807) is 30.1 Å². The first-order chi connectivity index (χ1) is 18.0. The Hall–Kier alpha value is -3.88. The molecule has 3 heterocycles. The summed E-state index contributed by atoms with van der Waals surface area (Å²) in [5, 5.41) is 2.95. The summed E-state index contributed by atoms with van der Waals surface area (Å²) in [7, 11) is 1.64. The molecule has 0 aliphatic carbocycles. The topological polar surface area (TPSA) is 76.2 Å². The Labute approximate surface area is 222 Å². The molecular formula is C29H34FN5O3. The van der Waals surface area contributed by atoms with Crippen molar-refractivity contribution >= 4 is 23.5 Å². The van der Waals surface area contributed by atoms with Crippen LogP contribution in [0.3, 0.4) is 0 Å². The fraction of sp³-hybridized carbons (Fsp3) is 0.414. The van der Waals surface area contributed by atoms with Crippen LogP contribution in [0.5, 0.6) is 0 Å². The predicted octanol–water partition coefficient (Wildman–Crippen LogP) is 3.26. The normalized spacial score (nSPS) is 20.2. The van der Waals surface area contributed by atoms with Crippen molar-refractivity contribution in [1.29, 1.82) is 0 Å². The lowest BCUT2D eigenvalue weighted by atomic mass is 9.85. The van der Waals surface area contributed by atoms with Crippen LogP contribution in [0.2, 0.25) is 0 Å². The monoisotopic (exact) mass is 519 g/mol. The Kier molecular flexibility index (Phi) is 6.63. The summed E-state index contributed by atoms with van der Waals surface area (Å²) < 4.78 is 14.2. The molecule has 1 saturated heterocycles. The lowest BCUT2D eigenvalue weighted by molar-refractivity contribution is -0.137. The van der Waals surface area contributed by atoms with Gasteiger partial charge in [-0.2, -0.15) is 0 Å². The van der Waals surface area contributed by atoms with Crippen molar-refractivity contribution in [1.82, 2.24) is 20.0 Å². The zero-order chi connectivity index (χ0) is 27.2. The van der Waals surface area contributed by atoms with E-state index < -0.39 is 6.04 Å². The summed E-state index contributed by atoms with van der Waals surface area (Å²) in [6, 6.07) is 13.8. The van der Waals surface area contributed by atoms with Gasteiger partial charge in [-0.25, -0.2) is 9.18 Å². The molecule has 0 aromatic heterocycles. The van der Waals surface area contributed by atoms with E-state index in [0.29, 0.717) is 43.1 Å². The number of likely N-dealkylation sites (N-methyl/N-ethyl adjacent to an activating group) is 1. The smallest absolute Gasteiger partial charge is 0.322 e. The predicted molar refractivity (Wildman–Crippen MR) is 143 cm³/mol. The molecule has 0 saturated carbocycles. The van der Waals surface area contributed by atoms with Crippen molar-refractivity contribution in [2.45, 2.75) is 32.2 Å². The first-order valence-corrected chi connectivity index (χ1v) is 13.0. The van der Waals surface area contributed by atoms with Gasteiger partial charge in [0.1, 0.15) is 12.4 Å². The van der Waals surface area contributed by atoms with Crippen LogP contribution in [0.15, 0.2) is 59.8 Å². The number of halogens is 1. The zero-order valence-corrected chi connectivity index (χ0v) is 22.3.